The molecule has 0 radical (unpaired) electrons. The second-order valence-corrected chi connectivity index (χ2v) is 25.3. The van der Waals surface area contributed by atoms with E-state index in [1.165, 1.54) is 50.6 Å². The van der Waals surface area contributed by atoms with E-state index in [0.717, 1.165) is 32.1 Å². The Bertz CT molecular complexity index is 4650. The molecule has 0 N–H and O–H groups in total. The average Bonchev–Trinajstić information content (AvgIpc) is 1.02. The predicted octanol–water partition coefficient (Wildman–Crippen LogP) is 15.1. The van der Waals surface area contributed by atoms with Crippen molar-refractivity contribution in [3.8, 4) is 46.0 Å². The first-order valence-electron chi connectivity index (χ1n) is 33.5. The summed E-state index contributed by atoms with van der Waals surface area (Å²) in [6.45, 7) is 16.5. The Hall–Kier alpha value is -12.4. The number of hydrogen-bond donors (Lipinski definition) is 0. The molecule has 22 heteroatoms. The van der Waals surface area contributed by atoms with Gasteiger partial charge in [0.05, 0.1) is 61.2 Å². The van der Waals surface area contributed by atoms with Crippen LogP contribution in [0.15, 0.2) is 191 Å². The molecule has 104 heavy (non-hydrogen) atoms. The number of fused-ring (bicyclic) bond motifs is 2. The summed E-state index contributed by atoms with van der Waals surface area (Å²) < 4.78 is 73.3. The lowest BCUT2D eigenvalue weighted by Crippen LogP contribution is -2.52. The first kappa shape index (κ1) is 70.1. The van der Waals surface area contributed by atoms with Crippen LogP contribution in [0.1, 0.15) is 89.1 Å². The number of aryl methyl sites for hydroxylation is 4. The molecule has 2 aliphatic heterocycles. The Morgan fingerprint density at radius 3 is 0.885 bits per heavy atom. The molecule has 528 valence electrons. The molecule has 13 rings (SSSR count). The number of imide groups is 2. The monoisotopic (exact) mass is 1400 g/mol. The number of ether oxygens (including phenoxy) is 10. The first-order valence-corrected chi connectivity index (χ1v) is 33.5. The van der Waals surface area contributed by atoms with Crippen molar-refractivity contribution in [2.75, 3.05) is 52.9 Å². The van der Waals surface area contributed by atoms with Gasteiger partial charge in [-0.1, -0.05) is 83.9 Å². The highest BCUT2D eigenvalue weighted by atomic mass is 16.6. The van der Waals surface area contributed by atoms with Crippen LogP contribution in [0.3, 0.4) is 0 Å². The zero-order chi connectivity index (χ0) is 73.0. The summed E-state index contributed by atoms with van der Waals surface area (Å²) in [7, 11) is 0. The Morgan fingerprint density at radius 2 is 0.635 bits per heavy atom. The van der Waals surface area contributed by atoms with Crippen molar-refractivity contribution in [2.24, 2.45) is 0 Å². The van der Waals surface area contributed by atoms with Crippen LogP contribution in [-0.2, 0) is 60.4 Å². The zero-order valence-corrected chi connectivity index (χ0v) is 57.7. The second-order valence-electron chi connectivity index (χ2n) is 25.3. The number of amides is 4. The van der Waals surface area contributed by atoms with E-state index in [-0.39, 0.29) is 177 Å². The molecule has 2 atom stereocenters. The number of carbonyl (C=O) groups is 8. The second kappa shape index (κ2) is 30.0. The highest BCUT2D eigenvalue weighted by Crippen LogP contribution is 2.58. The molecule has 4 heterocycles. The van der Waals surface area contributed by atoms with Gasteiger partial charge in [0.15, 0.2) is 0 Å². The molecule has 2 unspecified atom stereocenters. The minimum atomic E-state index is -1.67. The first-order chi connectivity index (χ1) is 50.2. The van der Waals surface area contributed by atoms with Crippen molar-refractivity contribution in [3.63, 3.8) is 0 Å². The summed E-state index contributed by atoms with van der Waals surface area (Å²) in [6.07, 6.45) is 2.12. The van der Waals surface area contributed by atoms with Crippen molar-refractivity contribution in [3.05, 3.63) is 238 Å². The van der Waals surface area contributed by atoms with Crippen molar-refractivity contribution < 1.29 is 94.6 Å². The summed E-state index contributed by atoms with van der Waals surface area (Å²) in [6, 6.07) is 37.6. The molecule has 0 saturated heterocycles. The summed E-state index contributed by atoms with van der Waals surface area (Å²) in [5.41, 5.74) is 3.58. The van der Waals surface area contributed by atoms with Crippen LogP contribution < -0.4 is 18.9 Å². The van der Waals surface area contributed by atoms with E-state index in [0.29, 0.717) is 23.0 Å². The van der Waals surface area contributed by atoms with Crippen molar-refractivity contribution in [1.29, 1.82) is 0 Å². The van der Waals surface area contributed by atoms with Gasteiger partial charge in [-0.15, -0.1) is 0 Å². The zero-order valence-electron chi connectivity index (χ0n) is 57.7. The Balaban J connectivity index is 1.06. The maximum absolute atomic E-state index is 16.2. The van der Waals surface area contributed by atoms with E-state index in [1.807, 2.05) is 76.2 Å². The number of furan rings is 2. The Kier molecular flexibility index (Phi) is 20.2. The minimum absolute atomic E-state index is 0.00393. The molecular formula is C82H70N2O20. The highest BCUT2D eigenvalue weighted by molar-refractivity contribution is 6.45. The van der Waals surface area contributed by atoms with Gasteiger partial charge in [-0.05, 0) is 139 Å². The third kappa shape index (κ3) is 14.3. The summed E-state index contributed by atoms with van der Waals surface area (Å²) in [5, 5.41) is 1.43. The van der Waals surface area contributed by atoms with Gasteiger partial charge in [-0.2, -0.15) is 0 Å². The van der Waals surface area contributed by atoms with Gasteiger partial charge in [0.25, 0.3) is 23.6 Å². The van der Waals surface area contributed by atoms with Crippen LogP contribution in [0.5, 0.6) is 46.0 Å². The van der Waals surface area contributed by atoms with E-state index in [2.05, 4.69) is 13.2 Å². The van der Waals surface area contributed by atoms with Crippen LogP contribution in [0, 0.1) is 27.7 Å². The van der Waals surface area contributed by atoms with Crippen LogP contribution in [0.2, 0.25) is 0 Å². The topological polar surface area (TPSA) is 262 Å². The summed E-state index contributed by atoms with van der Waals surface area (Å²) >= 11 is 0. The van der Waals surface area contributed by atoms with Crippen LogP contribution in [0.4, 0.5) is 0 Å². The van der Waals surface area contributed by atoms with Crippen molar-refractivity contribution in [2.45, 2.75) is 66.5 Å². The predicted molar refractivity (Wildman–Crippen MR) is 381 cm³/mol. The fourth-order valence-corrected chi connectivity index (χ4v) is 12.6. The Morgan fingerprint density at radius 1 is 0.365 bits per heavy atom. The maximum Gasteiger partial charge on any atom is 0.333 e. The largest absolute Gasteiger partial charge is 0.469 e. The molecule has 22 nitrogen and oxygen atoms in total. The third-order valence-electron chi connectivity index (χ3n) is 17.6. The number of benzene rings is 9. The molecule has 9 aromatic carbocycles. The van der Waals surface area contributed by atoms with Gasteiger partial charge < -0.3 is 56.2 Å². The molecule has 11 aromatic rings. The van der Waals surface area contributed by atoms with Crippen LogP contribution in [-0.4, -0.2) is 122 Å². The van der Waals surface area contributed by atoms with E-state index < -0.39 is 59.6 Å². The quantitative estimate of drug-likeness (QED) is 0.00770. The molecule has 2 aromatic heterocycles. The fraction of sp³-hybridized carbons (Fsp3) is 0.220. The lowest BCUT2D eigenvalue weighted by Gasteiger charge is -2.35. The van der Waals surface area contributed by atoms with Crippen LogP contribution >= 0.6 is 0 Å². The van der Waals surface area contributed by atoms with E-state index >= 15 is 19.2 Å². The highest BCUT2D eigenvalue weighted by Gasteiger charge is 2.47. The average molecular weight is 1400 g/mol. The lowest BCUT2D eigenvalue weighted by atomic mass is 9.80. The third-order valence-corrected chi connectivity index (χ3v) is 17.6. The normalized spacial score (nSPS) is 13.2. The Labute approximate surface area is 596 Å². The number of carbonyl (C=O) groups excluding carboxylic acids is 8. The number of rotatable bonds is 30. The SMILES string of the molecule is C=C(C)C(=O)OCCOCCOC(=O)C(Cc1ccco1)N1C(=O)c2cc(Oc3ccc(C)cc3)c3c4c(Oc5ccc(C)cc5)cc5c6c(cc(Oc7ccc(C)cc7)c(c7c(Oc8ccc(C)cc8)cc(c2c37)C1=O)c64)C(=O)N(C(Cc1ccco1)C(=O)OCCOCCOC(=O)C(=C)C)C5=O. The smallest absolute Gasteiger partial charge is 0.333 e. The molecule has 4 amide bonds. The van der Waals surface area contributed by atoms with E-state index in [4.69, 9.17) is 56.2 Å². The molecule has 0 fully saturated rings. The maximum atomic E-state index is 16.2. The van der Waals surface area contributed by atoms with Gasteiger partial charge in [-0.25, -0.2) is 19.2 Å². The summed E-state index contributed by atoms with van der Waals surface area (Å²) in [5.74, 6) is -5.23. The molecule has 0 spiro atoms. The van der Waals surface area contributed by atoms with Crippen LogP contribution in [0.25, 0.3) is 43.1 Å². The van der Waals surface area contributed by atoms with Gasteiger partial charge in [-0.3, -0.25) is 29.0 Å². The van der Waals surface area contributed by atoms with Gasteiger partial charge in [0.2, 0.25) is 0 Å². The number of nitrogens with zero attached hydrogens (tertiary/aromatic N) is 2. The molecule has 0 aliphatic carbocycles. The lowest BCUT2D eigenvalue weighted by molar-refractivity contribution is -0.151. The van der Waals surface area contributed by atoms with E-state index in [1.54, 1.807) is 72.8 Å². The molecule has 2 aliphatic rings. The van der Waals surface area contributed by atoms with Gasteiger partial charge in [0, 0.05) is 67.1 Å². The van der Waals surface area contributed by atoms with Gasteiger partial charge in [0.1, 0.15) is 96.0 Å². The number of esters is 4. The van der Waals surface area contributed by atoms with Crippen molar-refractivity contribution >= 4 is 90.6 Å². The van der Waals surface area contributed by atoms with Gasteiger partial charge >= 0.3 is 23.9 Å². The molecule has 0 bridgehead atoms. The standard InChI is InChI=1S/C82H70N2O20/c1-45(2)79(89)97-35-31-93-33-37-99-81(91)61(39-55-11-9-29-95-55)83-75(85)57-41-63(101-51-21-13-47(5)14-22-51)69-71-65(103-53-25-17-49(7)18-26-53)43-59-68-60(78(88)84(77(59)87)62(40-56-12-10-30-96-56)82(92)100-38-34-94-32-36-98-80(90)46(3)4)44-66(104-54-27-19-50(8)20-28-54)72(74(68)71)70-64(102-52-23-15-48(6)16-24-52)42-58(76(83)86)67(57)73(69)70/h9-30,41-44,61-62H,1,3,31-40H2,2,4-8H3. The fourth-order valence-electron chi connectivity index (χ4n) is 12.6. The van der Waals surface area contributed by atoms with Crippen molar-refractivity contribution in [1.82, 2.24) is 9.80 Å². The minimum Gasteiger partial charge on any atom is -0.469 e. The van der Waals surface area contributed by atoms with E-state index in [9.17, 15) is 19.2 Å². The number of hydrogen-bond acceptors (Lipinski definition) is 20. The summed E-state index contributed by atoms with van der Waals surface area (Å²) in [4.78, 5) is 120. The molecule has 0 saturated carbocycles. The molecular weight excluding hydrogens is 1330 g/mol.